The first kappa shape index (κ1) is 21.2. The Morgan fingerprint density at radius 1 is 1.37 bits per heavy atom. The first-order valence-corrected chi connectivity index (χ1v) is 9.90. The third kappa shape index (κ3) is 5.21. The average Bonchev–Trinajstić information content (AvgIpc) is 2.60. The van der Waals surface area contributed by atoms with Crippen molar-refractivity contribution in [2.24, 2.45) is 0 Å². The number of carbonyl (C=O) groups is 2. The number of hydrogen-bond acceptors (Lipinski definition) is 4. The summed E-state index contributed by atoms with van der Waals surface area (Å²) < 4.78 is 5.66. The lowest BCUT2D eigenvalue weighted by molar-refractivity contribution is -0.132. The monoisotopic (exact) mass is 375 g/mol. The van der Waals surface area contributed by atoms with E-state index in [2.05, 4.69) is 4.98 Å². The molecule has 1 aromatic rings. The van der Waals surface area contributed by atoms with E-state index in [4.69, 9.17) is 4.74 Å². The van der Waals surface area contributed by atoms with Crippen LogP contribution in [0.1, 0.15) is 78.8 Å². The molecule has 6 heteroatoms. The fourth-order valence-corrected chi connectivity index (χ4v) is 3.47. The Kier molecular flexibility index (Phi) is 6.84. The van der Waals surface area contributed by atoms with Gasteiger partial charge in [0, 0.05) is 31.3 Å². The van der Waals surface area contributed by atoms with Crippen molar-refractivity contribution in [2.45, 2.75) is 84.9 Å². The molecular formula is C21H33N3O3. The van der Waals surface area contributed by atoms with Gasteiger partial charge in [-0.25, -0.2) is 9.78 Å². The molecule has 1 aliphatic rings. The van der Waals surface area contributed by atoms with Gasteiger partial charge >= 0.3 is 6.09 Å². The van der Waals surface area contributed by atoms with Gasteiger partial charge < -0.3 is 9.64 Å². The number of carbonyl (C=O) groups excluding carboxylic acids is 2. The molecule has 27 heavy (non-hydrogen) atoms. The van der Waals surface area contributed by atoms with Gasteiger partial charge in [0.15, 0.2) is 0 Å². The second-order valence-corrected chi connectivity index (χ2v) is 8.25. The zero-order valence-electron chi connectivity index (χ0n) is 17.5. The van der Waals surface area contributed by atoms with E-state index in [1.54, 1.807) is 18.0 Å². The van der Waals surface area contributed by atoms with Crippen LogP contribution in [0.4, 0.5) is 10.6 Å². The SMILES string of the molecule is CC[C@H](C)N(C(=O)OC(C)(C)C)c1ncccc1[C@H]1CCCCN1C(C)=O. The molecule has 1 fully saturated rings. The third-order valence-electron chi connectivity index (χ3n) is 4.93. The van der Waals surface area contributed by atoms with Crippen LogP contribution in [-0.2, 0) is 9.53 Å². The minimum absolute atomic E-state index is 0.0573. The largest absolute Gasteiger partial charge is 0.443 e. The van der Waals surface area contributed by atoms with E-state index in [-0.39, 0.29) is 18.0 Å². The molecule has 1 aliphatic heterocycles. The summed E-state index contributed by atoms with van der Waals surface area (Å²) in [5.74, 6) is 0.654. The lowest BCUT2D eigenvalue weighted by Gasteiger charge is -2.38. The summed E-state index contributed by atoms with van der Waals surface area (Å²) in [5.41, 5.74) is 0.326. The Labute approximate surface area is 162 Å². The van der Waals surface area contributed by atoms with Crippen LogP contribution >= 0.6 is 0 Å². The summed E-state index contributed by atoms with van der Waals surface area (Å²) in [6, 6.07) is 3.72. The van der Waals surface area contributed by atoms with Gasteiger partial charge in [-0.3, -0.25) is 9.69 Å². The Morgan fingerprint density at radius 3 is 2.67 bits per heavy atom. The number of piperidine rings is 1. The van der Waals surface area contributed by atoms with Crippen molar-refractivity contribution in [3.63, 3.8) is 0 Å². The van der Waals surface area contributed by atoms with E-state index in [1.807, 2.05) is 51.7 Å². The van der Waals surface area contributed by atoms with Crippen molar-refractivity contribution >= 4 is 17.8 Å². The highest BCUT2D eigenvalue weighted by molar-refractivity contribution is 5.88. The molecule has 0 N–H and O–H groups in total. The Bertz CT molecular complexity index is 669. The zero-order valence-corrected chi connectivity index (χ0v) is 17.5. The second-order valence-electron chi connectivity index (χ2n) is 8.25. The summed E-state index contributed by atoms with van der Waals surface area (Å²) in [5, 5.41) is 0. The topological polar surface area (TPSA) is 62.7 Å². The number of amides is 2. The molecule has 1 saturated heterocycles. The van der Waals surface area contributed by atoms with E-state index in [0.29, 0.717) is 5.82 Å². The van der Waals surface area contributed by atoms with Crippen LogP contribution in [0.15, 0.2) is 18.3 Å². The Balaban J connectivity index is 2.48. The van der Waals surface area contributed by atoms with Crippen LogP contribution in [-0.4, -0.2) is 40.1 Å². The van der Waals surface area contributed by atoms with Crippen molar-refractivity contribution in [1.82, 2.24) is 9.88 Å². The maximum absolute atomic E-state index is 13.0. The normalized spacial score (nSPS) is 18.7. The lowest BCUT2D eigenvalue weighted by atomic mass is 9.95. The minimum atomic E-state index is -0.589. The number of anilines is 1. The van der Waals surface area contributed by atoms with Crippen LogP contribution in [0.25, 0.3) is 0 Å². The number of ether oxygens (including phenoxy) is 1. The first-order chi connectivity index (χ1) is 12.7. The van der Waals surface area contributed by atoms with Gasteiger partial charge in [0.1, 0.15) is 11.4 Å². The summed E-state index contributed by atoms with van der Waals surface area (Å²) in [7, 11) is 0. The van der Waals surface area contributed by atoms with Crippen molar-refractivity contribution in [1.29, 1.82) is 0 Å². The van der Waals surface area contributed by atoms with E-state index < -0.39 is 11.7 Å². The number of nitrogens with zero attached hydrogens (tertiary/aromatic N) is 3. The standard InChI is InChI=1S/C21H33N3O3/c1-7-15(2)24(20(26)27-21(4,5)6)19-17(11-10-13-22-19)18-12-8-9-14-23(18)16(3)25/h10-11,13,15,18H,7-9,12,14H2,1-6H3/t15-,18+/m0/s1. The number of aromatic nitrogens is 1. The van der Waals surface area contributed by atoms with Gasteiger partial charge in [-0.2, -0.15) is 0 Å². The van der Waals surface area contributed by atoms with Gasteiger partial charge in [-0.05, 0) is 59.4 Å². The maximum Gasteiger partial charge on any atom is 0.416 e. The van der Waals surface area contributed by atoms with Crippen LogP contribution in [0.5, 0.6) is 0 Å². The molecule has 0 aromatic carbocycles. The molecule has 2 atom stereocenters. The highest BCUT2D eigenvalue weighted by Gasteiger charge is 2.34. The summed E-state index contributed by atoms with van der Waals surface area (Å²) >= 11 is 0. The molecule has 0 aliphatic carbocycles. The first-order valence-electron chi connectivity index (χ1n) is 9.90. The predicted molar refractivity (Wildman–Crippen MR) is 107 cm³/mol. The summed E-state index contributed by atoms with van der Waals surface area (Å²) in [6.45, 7) is 11.9. The molecule has 150 valence electrons. The van der Waals surface area contributed by atoms with Crippen molar-refractivity contribution in [3.8, 4) is 0 Å². The number of rotatable bonds is 4. The number of hydrogen-bond donors (Lipinski definition) is 0. The predicted octanol–water partition coefficient (Wildman–Crippen LogP) is 4.70. The van der Waals surface area contributed by atoms with Gasteiger partial charge in [0.25, 0.3) is 0 Å². The van der Waals surface area contributed by atoms with Crippen molar-refractivity contribution in [3.05, 3.63) is 23.9 Å². The highest BCUT2D eigenvalue weighted by atomic mass is 16.6. The van der Waals surface area contributed by atoms with E-state index >= 15 is 0 Å². The third-order valence-corrected chi connectivity index (χ3v) is 4.93. The van der Waals surface area contributed by atoms with E-state index in [9.17, 15) is 9.59 Å². The molecule has 0 saturated carbocycles. The van der Waals surface area contributed by atoms with Crippen LogP contribution in [0.3, 0.4) is 0 Å². The lowest BCUT2D eigenvalue weighted by Crippen LogP contribution is -2.44. The fourth-order valence-electron chi connectivity index (χ4n) is 3.47. The summed E-state index contributed by atoms with van der Waals surface area (Å²) in [6.07, 6.45) is 5.00. The molecule has 0 bridgehead atoms. The van der Waals surface area contributed by atoms with Gasteiger partial charge in [0.2, 0.25) is 5.91 Å². The molecular weight excluding hydrogens is 342 g/mol. The molecule has 0 unspecified atom stereocenters. The molecule has 1 aromatic heterocycles. The Hall–Kier alpha value is -2.11. The molecule has 2 amide bonds. The van der Waals surface area contributed by atoms with Gasteiger partial charge in [-0.15, -0.1) is 0 Å². The molecule has 2 heterocycles. The van der Waals surface area contributed by atoms with Crippen molar-refractivity contribution in [2.75, 3.05) is 11.4 Å². The fraction of sp³-hybridized carbons (Fsp3) is 0.667. The molecule has 0 spiro atoms. The van der Waals surface area contributed by atoms with E-state index in [1.165, 1.54) is 0 Å². The molecule has 2 rings (SSSR count). The van der Waals surface area contributed by atoms with Gasteiger partial charge in [-0.1, -0.05) is 13.0 Å². The quantitative estimate of drug-likeness (QED) is 0.765. The summed E-state index contributed by atoms with van der Waals surface area (Å²) in [4.78, 5) is 33.3. The maximum atomic E-state index is 13.0. The van der Waals surface area contributed by atoms with Gasteiger partial charge in [0.05, 0.1) is 6.04 Å². The van der Waals surface area contributed by atoms with Crippen LogP contribution in [0, 0.1) is 0 Å². The average molecular weight is 376 g/mol. The number of likely N-dealkylation sites (tertiary alicyclic amines) is 1. The zero-order chi connectivity index (χ0) is 20.2. The van der Waals surface area contributed by atoms with Crippen LogP contribution in [0.2, 0.25) is 0 Å². The van der Waals surface area contributed by atoms with E-state index in [0.717, 1.165) is 37.8 Å². The van der Waals surface area contributed by atoms with Crippen LogP contribution < -0.4 is 4.90 Å². The minimum Gasteiger partial charge on any atom is -0.443 e. The second kappa shape index (κ2) is 8.72. The highest BCUT2D eigenvalue weighted by Crippen LogP contribution is 2.36. The molecule has 0 radical (unpaired) electrons. The Morgan fingerprint density at radius 2 is 2.07 bits per heavy atom. The molecule has 6 nitrogen and oxygen atoms in total. The number of pyridine rings is 1. The van der Waals surface area contributed by atoms with Crippen molar-refractivity contribution < 1.29 is 14.3 Å². The smallest absolute Gasteiger partial charge is 0.416 e.